The lowest BCUT2D eigenvalue weighted by molar-refractivity contribution is 0.395. The number of hydrogen-bond acceptors (Lipinski definition) is 4. The summed E-state index contributed by atoms with van der Waals surface area (Å²) in [4.78, 5) is 9.26. The fraction of sp³-hybridized carbons (Fsp3) is 0.667. The molecule has 0 saturated carbocycles. The summed E-state index contributed by atoms with van der Waals surface area (Å²) in [5, 5.41) is 3.23. The fourth-order valence-electron chi connectivity index (χ4n) is 2.70. The van der Waals surface area contributed by atoms with Gasteiger partial charge in [0, 0.05) is 32.4 Å². The molecule has 2 heterocycles. The molecule has 1 N–H and O–H groups in total. The maximum absolute atomic E-state index is 4.58. The number of hydrogen-bond donors (Lipinski definition) is 1. The fourth-order valence-corrected chi connectivity index (χ4v) is 2.70. The van der Waals surface area contributed by atoms with E-state index in [1.165, 1.54) is 25.1 Å². The van der Waals surface area contributed by atoms with Crippen LogP contribution in [0.15, 0.2) is 18.3 Å². The zero-order valence-electron chi connectivity index (χ0n) is 12.6. The average Bonchev–Trinajstić information content (AvgIpc) is 2.83. The molecule has 1 saturated heterocycles. The number of nitrogens with zero attached hydrogens (tertiary/aromatic N) is 3. The first-order valence-corrected chi connectivity index (χ1v) is 7.13. The normalized spacial score (nSPS) is 21.6. The lowest BCUT2D eigenvalue weighted by atomic mass is 10.1. The van der Waals surface area contributed by atoms with Gasteiger partial charge in [-0.25, -0.2) is 4.98 Å². The van der Waals surface area contributed by atoms with Gasteiger partial charge in [-0.3, -0.25) is 0 Å². The molecule has 0 aliphatic carbocycles. The Hall–Kier alpha value is -1.13. The van der Waals surface area contributed by atoms with Crippen LogP contribution in [0.2, 0.25) is 0 Å². The summed E-state index contributed by atoms with van der Waals surface area (Å²) in [6.07, 6.45) is 3.28. The topological polar surface area (TPSA) is 31.4 Å². The van der Waals surface area contributed by atoms with Gasteiger partial charge in [-0.05, 0) is 51.5 Å². The molecule has 0 radical (unpaired) electrons. The van der Waals surface area contributed by atoms with Crippen LogP contribution in [0.1, 0.15) is 24.9 Å². The number of anilines is 1. The SMILES string of the molecule is CNC(C)c1ccc(N(C)CC2CCN(C)C2)nc1. The van der Waals surface area contributed by atoms with Crippen molar-refractivity contribution in [2.45, 2.75) is 19.4 Å². The van der Waals surface area contributed by atoms with Gasteiger partial charge in [0.05, 0.1) is 0 Å². The first-order valence-electron chi connectivity index (χ1n) is 7.13. The van der Waals surface area contributed by atoms with Crippen molar-refractivity contribution in [1.29, 1.82) is 0 Å². The van der Waals surface area contributed by atoms with Gasteiger partial charge in [0.2, 0.25) is 0 Å². The predicted molar refractivity (Wildman–Crippen MR) is 80.6 cm³/mol. The summed E-state index contributed by atoms with van der Waals surface area (Å²) in [7, 11) is 6.31. The highest BCUT2D eigenvalue weighted by Crippen LogP contribution is 2.19. The van der Waals surface area contributed by atoms with E-state index in [-0.39, 0.29) is 0 Å². The molecule has 1 fully saturated rings. The second-order valence-corrected chi connectivity index (χ2v) is 5.76. The molecule has 2 rings (SSSR count). The minimum Gasteiger partial charge on any atom is -0.359 e. The highest BCUT2D eigenvalue weighted by Gasteiger charge is 2.21. The van der Waals surface area contributed by atoms with E-state index in [4.69, 9.17) is 0 Å². The van der Waals surface area contributed by atoms with Crippen LogP contribution >= 0.6 is 0 Å². The summed E-state index contributed by atoms with van der Waals surface area (Å²) in [5.41, 5.74) is 1.24. The van der Waals surface area contributed by atoms with Crippen LogP contribution in [0.4, 0.5) is 5.82 Å². The van der Waals surface area contributed by atoms with E-state index in [9.17, 15) is 0 Å². The lowest BCUT2D eigenvalue weighted by Crippen LogP contribution is -2.27. The summed E-state index contributed by atoms with van der Waals surface area (Å²) in [6.45, 7) is 5.68. The van der Waals surface area contributed by atoms with Gasteiger partial charge in [-0.15, -0.1) is 0 Å². The van der Waals surface area contributed by atoms with Crippen LogP contribution < -0.4 is 10.2 Å². The summed E-state index contributed by atoms with van der Waals surface area (Å²) in [5.74, 6) is 1.84. The van der Waals surface area contributed by atoms with Crippen LogP contribution in [-0.2, 0) is 0 Å². The van der Waals surface area contributed by atoms with E-state index in [1.807, 2.05) is 13.2 Å². The van der Waals surface area contributed by atoms with Crippen LogP contribution in [-0.4, -0.2) is 50.7 Å². The third kappa shape index (κ3) is 3.67. The third-order valence-corrected chi connectivity index (χ3v) is 4.12. The van der Waals surface area contributed by atoms with E-state index in [1.54, 1.807) is 0 Å². The highest BCUT2D eigenvalue weighted by atomic mass is 15.2. The first kappa shape index (κ1) is 14.3. The number of pyridine rings is 1. The van der Waals surface area contributed by atoms with Crippen molar-refractivity contribution >= 4 is 5.82 Å². The summed E-state index contributed by atoms with van der Waals surface area (Å²) < 4.78 is 0. The summed E-state index contributed by atoms with van der Waals surface area (Å²) >= 11 is 0. The molecular weight excluding hydrogens is 236 g/mol. The van der Waals surface area contributed by atoms with Gasteiger partial charge in [0.25, 0.3) is 0 Å². The Morgan fingerprint density at radius 3 is 2.84 bits per heavy atom. The molecule has 2 atom stereocenters. The molecule has 2 unspecified atom stereocenters. The maximum atomic E-state index is 4.58. The quantitative estimate of drug-likeness (QED) is 0.876. The molecule has 0 bridgehead atoms. The molecule has 19 heavy (non-hydrogen) atoms. The Balaban J connectivity index is 1.93. The molecule has 1 aliphatic heterocycles. The molecule has 4 heteroatoms. The molecule has 1 aliphatic rings. The van der Waals surface area contributed by atoms with Crippen LogP contribution in [0.5, 0.6) is 0 Å². The van der Waals surface area contributed by atoms with Crippen molar-refractivity contribution in [3.63, 3.8) is 0 Å². The van der Waals surface area contributed by atoms with E-state index in [0.717, 1.165) is 18.3 Å². The van der Waals surface area contributed by atoms with Gasteiger partial charge in [-0.1, -0.05) is 6.07 Å². The Morgan fingerprint density at radius 2 is 2.32 bits per heavy atom. The largest absolute Gasteiger partial charge is 0.359 e. The number of nitrogens with one attached hydrogen (secondary N) is 1. The monoisotopic (exact) mass is 262 g/mol. The minimum absolute atomic E-state index is 0.357. The number of rotatable bonds is 5. The molecule has 0 amide bonds. The van der Waals surface area contributed by atoms with E-state index in [2.05, 4.69) is 53.3 Å². The molecule has 0 aromatic carbocycles. The number of aromatic nitrogens is 1. The van der Waals surface area contributed by atoms with Crippen molar-refractivity contribution in [1.82, 2.24) is 15.2 Å². The van der Waals surface area contributed by atoms with Crippen molar-refractivity contribution in [3.05, 3.63) is 23.9 Å². The highest BCUT2D eigenvalue weighted by molar-refractivity contribution is 5.38. The Bertz CT molecular complexity index is 390. The summed E-state index contributed by atoms with van der Waals surface area (Å²) in [6, 6.07) is 4.65. The molecule has 106 valence electrons. The average molecular weight is 262 g/mol. The van der Waals surface area contributed by atoms with Crippen molar-refractivity contribution < 1.29 is 0 Å². The van der Waals surface area contributed by atoms with Gasteiger partial charge in [0.15, 0.2) is 0 Å². The zero-order valence-corrected chi connectivity index (χ0v) is 12.6. The first-order chi connectivity index (χ1) is 9.10. The molecule has 1 aromatic rings. The standard InChI is InChI=1S/C15H26N4/c1-12(16-2)14-5-6-15(17-9-14)19(4)11-13-7-8-18(3)10-13/h5-6,9,12-13,16H,7-8,10-11H2,1-4H3. The minimum atomic E-state index is 0.357. The molecule has 0 spiro atoms. The van der Waals surface area contributed by atoms with Crippen molar-refractivity contribution in [2.24, 2.45) is 5.92 Å². The van der Waals surface area contributed by atoms with Gasteiger partial charge in [0.1, 0.15) is 5.82 Å². The van der Waals surface area contributed by atoms with Gasteiger partial charge in [-0.2, -0.15) is 0 Å². The Kier molecular flexibility index (Phi) is 4.77. The lowest BCUT2D eigenvalue weighted by Gasteiger charge is -2.22. The Morgan fingerprint density at radius 1 is 1.53 bits per heavy atom. The maximum Gasteiger partial charge on any atom is 0.128 e. The second kappa shape index (κ2) is 6.35. The number of likely N-dealkylation sites (tertiary alicyclic amines) is 1. The van der Waals surface area contributed by atoms with Gasteiger partial charge >= 0.3 is 0 Å². The van der Waals surface area contributed by atoms with E-state index < -0.39 is 0 Å². The van der Waals surface area contributed by atoms with Crippen LogP contribution in [0.25, 0.3) is 0 Å². The molecule has 1 aromatic heterocycles. The van der Waals surface area contributed by atoms with Crippen molar-refractivity contribution in [2.75, 3.05) is 45.7 Å². The third-order valence-electron chi connectivity index (χ3n) is 4.12. The van der Waals surface area contributed by atoms with Crippen LogP contribution in [0, 0.1) is 5.92 Å². The molecule has 4 nitrogen and oxygen atoms in total. The van der Waals surface area contributed by atoms with Crippen LogP contribution in [0.3, 0.4) is 0 Å². The van der Waals surface area contributed by atoms with E-state index >= 15 is 0 Å². The van der Waals surface area contributed by atoms with Crippen molar-refractivity contribution in [3.8, 4) is 0 Å². The smallest absolute Gasteiger partial charge is 0.128 e. The van der Waals surface area contributed by atoms with Gasteiger partial charge < -0.3 is 15.1 Å². The molecular formula is C15H26N4. The zero-order chi connectivity index (χ0) is 13.8. The van der Waals surface area contributed by atoms with E-state index in [0.29, 0.717) is 6.04 Å². The predicted octanol–water partition coefficient (Wildman–Crippen LogP) is 1.75. The second-order valence-electron chi connectivity index (χ2n) is 5.76. The Labute approximate surface area is 116 Å².